The number of anilines is 3. The summed E-state index contributed by atoms with van der Waals surface area (Å²) in [4.78, 5) is 33.4. The van der Waals surface area contributed by atoms with Gasteiger partial charge in [-0.2, -0.15) is 5.10 Å². The summed E-state index contributed by atoms with van der Waals surface area (Å²) in [5.74, 6) is -0.161. The molecule has 2 saturated heterocycles. The monoisotopic (exact) mass is 569 g/mol. The topological polar surface area (TPSA) is 103 Å². The van der Waals surface area contributed by atoms with Crippen LogP contribution in [0.15, 0.2) is 42.6 Å². The lowest BCUT2D eigenvalue weighted by atomic mass is 10.1. The molecule has 0 aliphatic carbocycles. The zero-order chi connectivity index (χ0) is 27.4. The summed E-state index contributed by atoms with van der Waals surface area (Å²) in [7, 11) is 2.10. The second-order valence-corrected chi connectivity index (χ2v) is 11.4. The lowest BCUT2D eigenvalue weighted by molar-refractivity contribution is -0.116. The van der Waals surface area contributed by atoms with E-state index in [1.807, 2.05) is 0 Å². The third kappa shape index (κ3) is 7.10. The van der Waals surface area contributed by atoms with E-state index in [1.54, 1.807) is 24.4 Å². The molecule has 2 N–H and O–H groups in total. The number of carbonyl (C=O) groups excluding carboxylic acids is 2. The molecule has 1 atom stereocenters. The van der Waals surface area contributed by atoms with Crippen LogP contribution >= 0.6 is 23.4 Å². The minimum atomic E-state index is -0.469. The third-order valence-corrected chi connectivity index (χ3v) is 8.22. The first-order chi connectivity index (χ1) is 18.8. The highest BCUT2D eigenvalue weighted by Gasteiger charge is 2.29. The fourth-order valence-corrected chi connectivity index (χ4v) is 5.80. The lowest BCUT2D eigenvalue weighted by Gasteiger charge is -2.32. The molecule has 5 rings (SSSR count). The number of likely N-dealkylation sites (N-methyl/N-ethyl adjacent to an activating group) is 1. The molecule has 9 nitrogen and oxygen atoms in total. The highest BCUT2D eigenvalue weighted by Crippen LogP contribution is 2.43. The number of thioether (sulfide) groups is 1. The van der Waals surface area contributed by atoms with Crippen molar-refractivity contribution in [1.82, 2.24) is 25.0 Å². The number of rotatable bonds is 8. The fourth-order valence-electron chi connectivity index (χ4n) is 4.55. The molecule has 3 aromatic rings. The summed E-state index contributed by atoms with van der Waals surface area (Å²) in [6.07, 6.45) is 3.07. The Balaban J connectivity index is 1.33. The van der Waals surface area contributed by atoms with E-state index in [9.17, 15) is 14.0 Å². The van der Waals surface area contributed by atoms with E-state index in [4.69, 9.17) is 11.6 Å². The average molecular weight is 570 g/mol. The molecule has 1 unspecified atom stereocenters. The third-order valence-electron chi connectivity index (χ3n) is 6.77. The average Bonchev–Trinajstić information content (AvgIpc) is 3.36. The number of amides is 1. The number of aromatic nitrogens is 3. The minimum absolute atomic E-state index is 0.100. The van der Waals surface area contributed by atoms with Crippen LogP contribution < -0.4 is 10.6 Å². The van der Waals surface area contributed by atoms with E-state index >= 15 is 0 Å². The largest absolute Gasteiger partial charge is 0.354 e. The zero-order valence-corrected chi connectivity index (χ0v) is 23.1. The van der Waals surface area contributed by atoms with Gasteiger partial charge in [-0.1, -0.05) is 23.4 Å². The second kappa shape index (κ2) is 12.4. The predicted octanol–water partition coefficient (Wildman–Crippen LogP) is 4.75. The molecule has 2 aliphatic heterocycles. The molecule has 1 aromatic carbocycles. The van der Waals surface area contributed by atoms with E-state index in [0.717, 1.165) is 26.2 Å². The summed E-state index contributed by atoms with van der Waals surface area (Å²) in [6.45, 7) is 4.61. The van der Waals surface area contributed by atoms with Crippen LogP contribution in [-0.2, 0) is 9.59 Å². The SMILES string of the molecule is CN1CCN(CCC(=O)Nc2cc(Nc3cc(-c4cc(Cl)ccc4F)nnc3C3CCC(=O)S3)ccn2)CC1. The summed E-state index contributed by atoms with van der Waals surface area (Å²) in [5, 5.41) is 15.2. The Morgan fingerprint density at radius 1 is 1.15 bits per heavy atom. The van der Waals surface area contributed by atoms with Gasteiger partial charge >= 0.3 is 0 Å². The Labute approximate surface area is 235 Å². The van der Waals surface area contributed by atoms with Gasteiger partial charge in [-0.3, -0.25) is 9.59 Å². The van der Waals surface area contributed by atoms with E-state index in [1.165, 1.54) is 30.0 Å². The van der Waals surface area contributed by atoms with Gasteiger partial charge in [-0.15, -0.1) is 5.10 Å². The highest BCUT2D eigenvalue weighted by atomic mass is 35.5. The Morgan fingerprint density at radius 3 is 2.74 bits per heavy atom. The van der Waals surface area contributed by atoms with Gasteiger partial charge in [0.15, 0.2) is 5.12 Å². The van der Waals surface area contributed by atoms with Crippen molar-refractivity contribution in [3.05, 3.63) is 59.1 Å². The van der Waals surface area contributed by atoms with Crippen LogP contribution in [0.2, 0.25) is 5.02 Å². The van der Waals surface area contributed by atoms with E-state index < -0.39 is 5.82 Å². The molecule has 4 heterocycles. The van der Waals surface area contributed by atoms with Gasteiger partial charge in [0, 0.05) is 74.1 Å². The number of halogens is 2. The molecule has 0 bridgehead atoms. The quantitative estimate of drug-likeness (QED) is 0.398. The molecule has 0 saturated carbocycles. The standard InChI is InChI=1S/C27H29ClFN7O2S/c1-35-10-12-36(13-11-35)9-7-25(37)32-24-15-18(6-8-30-24)31-22-16-21(19-14-17(28)2-3-20(19)29)33-34-27(22)23-4-5-26(38)39-23/h2-3,6,8,14-16,23H,4-5,7,9-13H2,1H3,(H2,30,31,32,33,37). The van der Waals surface area contributed by atoms with Crippen molar-refractivity contribution >= 4 is 51.6 Å². The smallest absolute Gasteiger partial charge is 0.226 e. The van der Waals surface area contributed by atoms with Crippen LogP contribution in [0.1, 0.15) is 30.2 Å². The maximum Gasteiger partial charge on any atom is 0.226 e. The van der Waals surface area contributed by atoms with Crippen molar-refractivity contribution in [2.75, 3.05) is 50.4 Å². The number of carbonyl (C=O) groups is 2. The molecular weight excluding hydrogens is 541 g/mol. The van der Waals surface area contributed by atoms with Crippen LogP contribution in [0.5, 0.6) is 0 Å². The van der Waals surface area contributed by atoms with Gasteiger partial charge < -0.3 is 20.4 Å². The van der Waals surface area contributed by atoms with Crippen LogP contribution in [0.25, 0.3) is 11.3 Å². The van der Waals surface area contributed by atoms with Crippen molar-refractivity contribution in [1.29, 1.82) is 0 Å². The van der Waals surface area contributed by atoms with Crippen molar-refractivity contribution < 1.29 is 14.0 Å². The fraction of sp³-hybridized carbons (Fsp3) is 0.370. The van der Waals surface area contributed by atoms with Crippen LogP contribution in [0, 0.1) is 5.82 Å². The molecular formula is C27H29ClFN7O2S. The Morgan fingerprint density at radius 2 is 1.97 bits per heavy atom. The molecule has 12 heteroatoms. The maximum absolute atomic E-state index is 14.6. The first kappa shape index (κ1) is 27.4. The lowest BCUT2D eigenvalue weighted by Crippen LogP contribution is -2.45. The molecule has 2 fully saturated rings. The van der Waals surface area contributed by atoms with Gasteiger partial charge in [-0.05, 0) is 43.8 Å². The Hall–Kier alpha value is -3.12. The van der Waals surface area contributed by atoms with Gasteiger partial charge in [0.2, 0.25) is 5.91 Å². The normalized spacial score (nSPS) is 18.3. The molecule has 204 valence electrons. The van der Waals surface area contributed by atoms with Gasteiger partial charge in [-0.25, -0.2) is 9.37 Å². The maximum atomic E-state index is 14.6. The summed E-state index contributed by atoms with van der Waals surface area (Å²) < 4.78 is 14.6. The van der Waals surface area contributed by atoms with Gasteiger partial charge in [0.25, 0.3) is 0 Å². The first-order valence-electron chi connectivity index (χ1n) is 12.8. The van der Waals surface area contributed by atoms with E-state index in [0.29, 0.717) is 59.4 Å². The predicted molar refractivity (Wildman–Crippen MR) is 152 cm³/mol. The number of benzene rings is 1. The van der Waals surface area contributed by atoms with Crippen molar-refractivity contribution in [2.24, 2.45) is 0 Å². The summed E-state index contributed by atoms with van der Waals surface area (Å²) >= 11 is 7.33. The molecule has 0 radical (unpaired) electrons. The Bertz CT molecular complexity index is 1370. The number of hydrogen-bond donors (Lipinski definition) is 2. The first-order valence-corrected chi connectivity index (χ1v) is 14.1. The van der Waals surface area contributed by atoms with Crippen molar-refractivity contribution in [2.45, 2.75) is 24.5 Å². The number of nitrogens with one attached hydrogen (secondary N) is 2. The molecule has 39 heavy (non-hydrogen) atoms. The number of hydrogen-bond acceptors (Lipinski definition) is 9. The molecule has 1 amide bonds. The van der Waals surface area contributed by atoms with Crippen LogP contribution in [0.3, 0.4) is 0 Å². The molecule has 0 spiro atoms. The van der Waals surface area contributed by atoms with Crippen LogP contribution in [-0.4, -0.2) is 75.8 Å². The van der Waals surface area contributed by atoms with Crippen molar-refractivity contribution in [3.8, 4) is 11.3 Å². The van der Waals surface area contributed by atoms with Gasteiger partial charge in [0.05, 0.1) is 22.3 Å². The molecule has 2 aromatic heterocycles. The number of piperazine rings is 1. The van der Waals surface area contributed by atoms with Gasteiger partial charge in [0.1, 0.15) is 11.6 Å². The molecule has 2 aliphatic rings. The highest BCUT2D eigenvalue weighted by molar-refractivity contribution is 8.14. The van der Waals surface area contributed by atoms with Crippen molar-refractivity contribution in [3.63, 3.8) is 0 Å². The number of pyridine rings is 1. The van der Waals surface area contributed by atoms with E-state index in [2.05, 4.69) is 42.7 Å². The summed E-state index contributed by atoms with van der Waals surface area (Å²) in [5.41, 5.74) is 2.38. The second-order valence-electron chi connectivity index (χ2n) is 9.67. The minimum Gasteiger partial charge on any atom is -0.354 e. The van der Waals surface area contributed by atoms with Crippen LogP contribution in [0.4, 0.5) is 21.6 Å². The zero-order valence-electron chi connectivity index (χ0n) is 21.5. The summed E-state index contributed by atoms with van der Waals surface area (Å²) in [6, 6.07) is 9.45. The van der Waals surface area contributed by atoms with E-state index in [-0.39, 0.29) is 21.8 Å². The number of nitrogens with zero attached hydrogens (tertiary/aromatic N) is 5. The Kier molecular flexibility index (Phi) is 8.71.